The summed E-state index contributed by atoms with van der Waals surface area (Å²) in [5.41, 5.74) is 3.38. The number of nitrogens with zero attached hydrogens (tertiary/aromatic N) is 5. The van der Waals surface area contributed by atoms with Gasteiger partial charge in [-0.3, -0.25) is 9.88 Å². The summed E-state index contributed by atoms with van der Waals surface area (Å²) in [6.45, 7) is 4.89. The maximum absolute atomic E-state index is 5.05. The maximum Gasteiger partial charge on any atom is 0.181 e. The quantitative estimate of drug-likeness (QED) is 0.332. The van der Waals surface area contributed by atoms with Gasteiger partial charge in [0.1, 0.15) is 16.3 Å². The van der Waals surface area contributed by atoms with Crippen molar-refractivity contribution in [2.45, 2.75) is 6.54 Å². The van der Waals surface area contributed by atoms with Crippen molar-refractivity contribution in [3.63, 3.8) is 0 Å². The molecule has 0 aliphatic carbocycles. The molecule has 0 spiro atoms. The van der Waals surface area contributed by atoms with E-state index in [1.165, 1.54) is 16.0 Å². The predicted octanol–water partition coefficient (Wildman–Crippen LogP) is 5.74. The maximum atomic E-state index is 5.05. The third-order valence-corrected chi connectivity index (χ3v) is 7.32. The fraction of sp³-hybridized carbons (Fsp3) is 0.179. The molecular weight excluding hydrogens is 438 g/mol. The minimum atomic E-state index is 0.691. The second kappa shape index (κ2) is 9.33. The van der Waals surface area contributed by atoms with Gasteiger partial charge in [0.05, 0.1) is 5.39 Å². The molecule has 5 nitrogen and oxygen atoms in total. The zero-order chi connectivity index (χ0) is 22.7. The van der Waals surface area contributed by atoms with E-state index in [1.54, 1.807) is 17.5 Å². The van der Waals surface area contributed by atoms with Gasteiger partial charge >= 0.3 is 0 Å². The molecule has 0 radical (unpaired) electrons. The van der Waals surface area contributed by atoms with Crippen LogP contribution >= 0.6 is 11.3 Å². The summed E-state index contributed by atoms with van der Waals surface area (Å²) in [6.07, 6.45) is 1.80. The van der Waals surface area contributed by atoms with Gasteiger partial charge < -0.3 is 4.90 Å². The molecule has 5 aromatic rings. The van der Waals surface area contributed by atoms with Gasteiger partial charge in [-0.15, -0.1) is 11.3 Å². The first-order valence-corrected chi connectivity index (χ1v) is 12.4. The number of anilines is 1. The molecule has 1 aliphatic heterocycles. The lowest BCUT2D eigenvalue weighted by molar-refractivity contribution is 0.249. The van der Waals surface area contributed by atoms with Gasteiger partial charge in [-0.25, -0.2) is 9.97 Å². The SMILES string of the molecule is c1ccc(CN2CCN(c3nc(-c4ccccn4)nc4sc(-c5ccccc5)cc34)CC2)cc1. The van der Waals surface area contributed by atoms with E-state index >= 15 is 0 Å². The largest absolute Gasteiger partial charge is 0.353 e. The monoisotopic (exact) mass is 463 g/mol. The van der Waals surface area contributed by atoms with E-state index in [0.717, 1.165) is 54.5 Å². The van der Waals surface area contributed by atoms with Crippen LogP contribution in [0.25, 0.3) is 32.2 Å². The molecule has 0 atom stereocenters. The molecule has 0 saturated carbocycles. The molecule has 0 bridgehead atoms. The van der Waals surface area contributed by atoms with E-state index in [0.29, 0.717) is 5.82 Å². The van der Waals surface area contributed by atoms with Gasteiger partial charge in [-0.2, -0.15) is 0 Å². The molecule has 0 amide bonds. The minimum Gasteiger partial charge on any atom is -0.353 e. The summed E-state index contributed by atoms with van der Waals surface area (Å²) in [4.78, 5) is 21.7. The summed E-state index contributed by atoms with van der Waals surface area (Å²) in [7, 11) is 0. The highest BCUT2D eigenvalue weighted by molar-refractivity contribution is 7.22. The average Bonchev–Trinajstić information content (AvgIpc) is 3.35. The highest BCUT2D eigenvalue weighted by Gasteiger charge is 2.23. The lowest BCUT2D eigenvalue weighted by Crippen LogP contribution is -2.46. The number of aromatic nitrogens is 3. The lowest BCUT2D eigenvalue weighted by atomic mass is 10.1. The number of rotatable bonds is 5. The van der Waals surface area contributed by atoms with Crippen molar-refractivity contribution >= 4 is 27.4 Å². The minimum absolute atomic E-state index is 0.691. The summed E-state index contributed by atoms with van der Waals surface area (Å²) in [6, 6.07) is 29.4. The number of thiophene rings is 1. The van der Waals surface area contributed by atoms with Crippen molar-refractivity contribution < 1.29 is 0 Å². The first-order chi connectivity index (χ1) is 16.8. The Balaban J connectivity index is 1.34. The molecule has 3 aromatic heterocycles. The van der Waals surface area contributed by atoms with Crippen molar-refractivity contribution in [3.8, 4) is 22.0 Å². The van der Waals surface area contributed by atoms with Crippen LogP contribution in [-0.4, -0.2) is 46.0 Å². The van der Waals surface area contributed by atoms with Gasteiger partial charge in [0.2, 0.25) is 0 Å². The fourth-order valence-electron chi connectivity index (χ4n) is 4.46. The second-order valence-corrected chi connectivity index (χ2v) is 9.56. The van der Waals surface area contributed by atoms with Gasteiger partial charge in [0.15, 0.2) is 5.82 Å². The smallest absolute Gasteiger partial charge is 0.181 e. The molecule has 6 rings (SSSR count). The van der Waals surface area contributed by atoms with E-state index in [2.05, 4.69) is 81.5 Å². The first-order valence-electron chi connectivity index (χ1n) is 11.6. The Morgan fingerprint density at radius 2 is 1.50 bits per heavy atom. The standard InChI is InChI=1S/C28H25N5S/c1-3-9-21(10-4-1)20-32-15-17-33(18-16-32)27-23-19-25(22-11-5-2-6-12-22)34-28(23)31-26(30-27)24-13-7-8-14-29-24/h1-14,19H,15-18,20H2. The van der Waals surface area contributed by atoms with Crippen LogP contribution in [0, 0.1) is 0 Å². The van der Waals surface area contributed by atoms with Gasteiger partial charge in [0, 0.05) is 43.8 Å². The van der Waals surface area contributed by atoms with Crippen LogP contribution in [0.2, 0.25) is 0 Å². The molecule has 168 valence electrons. The molecule has 34 heavy (non-hydrogen) atoms. The van der Waals surface area contributed by atoms with Crippen molar-refractivity contribution in [3.05, 3.63) is 96.7 Å². The third-order valence-electron chi connectivity index (χ3n) is 6.25. The van der Waals surface area contributed by atoms with Crippen LogP contribution in [0.5, 0.6) is 0 Å². The average molecular weight is 464 g/mol. The topological polar surface area (TPSA) is 45.2 Å². The zero-order valence-electron chi connectivity index (χ0n) is 18.8. The van der Waals surface area contributed by atoms with Crippen molar-refractivity contribution in [1.82, 2.24) is 19.9 Å². The Labute approximate surface area is 203 Å². The molecule has 1 aliphatic rings. The number of piperazine rings is 1. The Kier molecular flexibility index (Phi) is 5.75. The summed E-state index contributed by atoms with van der Waals surface area (Å²) < 4.78 is 0. The zero-order valence-corrected chi connectivity index (χ0v) is 19.7. The molecule has 6 heteroatoms. The highest BCUT2D eigenvalue weighted by atomic mass is 32.1. The lowest BCUT2D eigenvalue weighted by Gasteiger charge is -2.35. The van der Waals surface area contributed by atoms with Crippen LogP contribution in [0.4, 0.5) is 5.82 Å². The van der Waals surface area contributed by atoms with Gasteiger partial charge in [-0.1, -0.05) is 66.7 Å². The number of pyridine rings is 1. The van der Waals surface area contributed by atoms with Crippen molar-refractivity contribution in [2.24, 2.45) is 0 Å². The first kappa shape index (κ1) is 21.0. The van der Waals surface area contributed by atoms with Gasteiger partial charge in [-0.05, 0) is 29.3 Å². The predicted molar refractivity (Wildman–Crippen MR) is 140 cm³/mol. The van der Waals surface area contributed by atoms with E-state index < -0.39 is 0 Å². The normalized spacial score (nSPS) is 14.5. The molecule has 0 N–H and O–H groups in total. The summed E-state index contributed by atoms with van der Waals surface area (Å²) in [5.74, 6) is 1.71. The number of benzene rings is 2. The molecule has 1 fully saturated rings. The van der Waals surface area contributed by atoms with E-state index in [9.17, 15) is 0 Å². The summed E-state index contributed by atoms with van der Waals surface area (Å²) >= 11 is 1.72. The Morgan fingerprint density at radius 1 is 0.765 bits per heavy atom. The third kappa shape index (κ3) is 4.30. The Hall–Kier alpha value is -3.61. The van der Waals surface area contributed by atoms with Crippen LogP contribution in [0.15, 0.2) is 91.1 Å². The van der Waals surface area contributed by atoms with Crippen LogP contribution in [0.1, 0.15) is 5.56 Å². The van der Waals surface area contributed by atoms with Crippen LogP contribution in [0.3, 0.4) is 0 Å². The Morgan fingerprint density at radius 3 is 2.24 bits per heavy atom. The van der Waals surface area contributed by atoms with E-state index in [4.69, 9.17) is 9.97 Å². The van der Waals surface area contributed by atoms with Gasteiger partial charge in [0.25, 0.3) is 0 Å². The highest BCUT2D eigenvalue weighted by Crippen LogP contribution is 2.38. The number of hydrogen-bond donors (Lipinski definition) is 0. The van der Waals surface area contributed by atoms with Crippen molar-refractivity contribution in [1.29, 1.82) is 0 Å². The molecule has 4 heterocycles. The fourth-order valence-corrected chi connectivity index (χ4v) is 5.49. The number of hydrogen-bond acceptors (Lipinski definition) is 6. The van der Waals surface area contributed by atoms with Crippen molar-refractivity contribution in [2.75, 3.05) is 31.1 Å². The Bertz CT molecular complexity index is 1380. The van der Waals surface area contributed by atoms with Crippen LogP contribution in [-0.2, 0) is 6.54 Å². The van der Waals surface area contributed by atoms with E-state index in [1.807, 2.05) is 18.2 Å². The van der Waals surface area contributed by atoms with E-state index in [-0.39, 0.29) is 0 Å². The molecule has 2 aromatic carbocycles. The summed E-state index contributed by atoms with van der Waals surface area (Å²) in [5, 5.41) is 1.13. The number of fused-ring (bicyclic) bond motifs is 1. The molecule has 0 unspecified atom stereocenters. The molecular formula is C28H25N5S. The van der Waals surface area contributed by atoms with Crippen LogP contribution < -0.4 is 4.90 Å². The second-order valence-electron chi connectivity index (χ2n) is 8.53. The molecule has 1 saturated heterocycles.